The van der Waals surface area contributed by atoms with Crippen molar-refractivity contribution in [2.24, 2.45) is 0 Å². The van der Waals surface area contributed by atoms with Crippen LogP contribution in [0, 0.1) is 0 Å². The Balaban J connectivity index is 1.88. The van der Waals surface area contributed by atoms with Crippen LogP contribution in [-0.4, -0.2) is 41.8 Å². The fraction of sp³-hybridized carbons (Fsp3) is 0.394. The quantitative estimate of drug-likeness (QED) is 0.246. The van der Waals surface area contributed by atoms with Gasteiger partial charge in [0.15, 0.2) is 0 Å². The van der Waals surface area contributed by atoms with E-state index in [1.807, 2.05) is 88.4 Å². The van der Waals surface area contributed by atoms with Crippen LogP contribution in [0.5, 0.6) is 0 Å². The molecule has 0 aliphatic heterocycles. The summed E-state index contributed by atoms with van der Waals surface area (Å²) >= 11 is 0. The summed E-state index contributed by atoms with van der Waals surface area (Å²) in [6.45, 7) is 13.6. The minimum absolute atomic E-state index is 0.0102. The Morgan fingerprint density at radius 2 is 1.31 bits per heavy atom. The van der Waals surface area contributed by atoms with Crippen molar-refractivity contribution in [1.82, 2.24) is 4.90 Å². The van der Waals surface area contributed by atoms with E-state index in [1.54, 1.807) is 11.8 Å². The third kappa shape index (κ3) is 9.25. The molecule has 0 spiro atoms. The van der Waals surface area contributed by atoms with Crippen molar-refractivity contribution in [2.45, 2.75) is 72.2 Å². The minimum Gasteiger partial charge on any atom is -0.466 e. The van der Waals surface area contributed by atoms with Crippen molar-refractivity contribution in [3.05, 3.63) is 102 Å². The Kier molecular flexibility index (Phi) is 10.7. The zero-order chi connectivity index (χ0) is 28.4. The van der Waals surface area contributed by atoms with E-state index in [0.29, 0.717) is 13.2 Å². The molecule has 0 bridgehead atoms. The Bertz CT molecular complexity index is 1130. The summed E-state index contributed by atoms with van der Waals surface area (Å²) in [5.41, 5.74) is 3.34. The molecule has 3 aromatic carbocycles. The molecule has 208 valence electrons. The Labute approximate surface area is 233 Å². The van der Waals surface area contributed by atoms with Crippen LogP contribution in [0.1, 0.15) is 64.2 Å². The molecule has 3 rings (SSSR count). The fourth-order valence-electron chi connectivity index (χ4n) is 4.33. The van der Waals surface area contributed by atoms with Gasteiger partial charge in [0.25, 0.3) is 0 Å². The fourth-order valence-corrected chi connectivity index (χ4v) is 4.33. The van der Waals surface area contributed by atoms with E-state index in [4.69, 9.17) is 9.47 Å². The van der Waals surface area contributed by atoms with Gasteiger partial charge in [-0.3, -0.25) is 14.6 Å². The third-order valence-electron chi connectivity index (χ3n) is 6.49. The molecule has 2 atom stereocenters. The second kappa shape index (κ2) is 13.9. The van der Waals surface area contributed by atoms with Gasteiger partial charge in [0.05, 0.1) is 12.5 Å². The molecular weight excluding hydrogens is 488 g/mol. The highest BCUT2D eigenvalue weighted by molar-refractivity contribution is 5.88. The van der Waals surface area contributed by atoms with Crippen LogP contribution in [0.4, 0.5) is 10.5 Å². The lowest BCUT2D eigenvalue weighted by molar-refractivity contribution is -0.144. The lowest BCUT2D eigenvalue weighted by Gasteiger charge is -2.34. The number of ether oxygens (including phenoxy) is 2. The Morgan fingerprint density at radius 1 is 0.795 bits per heavy atom. The van der Waals surface area contributed by atoms with Gasteiger partial charge in [-0.2, -0.15) is 0 Å². The molecule has 0 heterocycles. The smallest absolute Gasteiger partial charge is 0.414 e. The van der Waals surface area contributed by atoms with Crippen LogP contribution in [0.2, 0.25) is 0 Å². The maximum Gasteiger partial charge on any atom is 0.414 e. The first-order valence-electron chi connectivity index (χ1n) is 13.7. The van der Waals surface area contributed by atoms with Gasteiger partial charge in [0.2, 0.25) is 0 Å². The van der Waals surface area contributed by atoms with Crippen LogP contribution in [0.15, 0.2) is 84.9 Å². The Morgan fingerprint density at radius 3 is 1.77 bits per heavy atom. The van der Waals surface area contributed by atoms with Gasteiger partial charge in [0.1, 0.15) is 5.60 Å². The molecule has 0 radical (unpaired) electrons. The number of anilines is 1. The summed E-state index contributed by atoms with van der Waals surface area (Å²) in [5.74, 6) is -0.652. The number of carbonyl (C=O) groups excluding carboxylic acids is 2. The van der Waals surface area contributed by atoms with Gasteiger partial charge in [-0.05, 0) is 70.4 Å². The lowest BCUT2D eigenvalue weighted by Crippen LogP contribution is -2.46. The number of esters is 1. The molecule has 3 aromatic rings. The number of nitrogens with zero attached hydrogens (tertiary/aromatic N) is 2. The third-order valence-corrected chi connectivity index (χ3v) is 6.49. The monoisotopic (exact) mass is 530 g/mol. The van der Waals surface area contributed by atoms with Gasteiger partial charge < -0.3 is 9.47 Å². The van der Waals surface area contributed by atoms with E-state index < -0.39 is 11.7 Å². The average molecular weight is 531 g/mol. The predicted octanol–water partition coefficient (Wildman–Crippen LogP) is 7.19. The highest BCUT2D eigenvalue weighted by Crippen LogP contribution is 2.25. The molecule has 0 saturated carbocycles. The van der Waals surface area contributed by atoms with Crippen molar-refractivity contribution in [3.63, 3.8) is 0 Å². The maximum absolute atomic E-state index is 13.5. The first-order chi connectivity index (χ1) is 18.6. The second-order valence-electron chi connectivity index (χ2n) is 10.9. The molecule has 0 N–H and O–H groups in total. The number of amides is 1. The van der Waals surface area contributed by atoms with Crippen molar-refractivity contribution < 1.29 is 19.1 Å². The molecular formula is C33H42N2O4. The normalized spacial score (nSPS) is 13.0. The number of carbonyl (C=O) groups is 2. The second-order valence-corrected chi connectivity index (χ2v) is 10.9. The lowest BCUT2D eigenvalue weighted by atomic mass is 10.0. The van der Waals surface area contributed by atoms with Gasteiger partial charge in [-0.25, -0.2) is 4.79 Å². The van der Waals surface area contributed by atoms with E-state index in [9.17, 15) is 9.59 Å². The summed E-state index contributed by atoms with van der Waals surface area (Å²) in [6.07, 6.45) is -0.403. The average Bonchev–Trinajstić information content (AvgIpc) is 2.91. The van der Waals surface area contributed by atoms with Crippen LogP contribution in [-0.2, 0) is 27.4 Å². The standard InChI is InChI=1S/C33H42N2O4/c1-7-38-31(36)26(3)29-18-20-30(21-19-29)35(32(37)39-33(4,5)6)22-25(2)34(23-27-14-10-8-11-15-27)24-28-16-12-9-13-17-28/h8-21,25-26H,7,22-24H2,1-6H3. The SMILES string of the molecule is CCOC(=O)C(C)c1ccc(N(CC(C)N(Cc2ccccc2)Cc2ccccc2)C(=O)OC(C)(C)C)cc1. The van der Waals surface area contributed by atoms with Crippen molar-refractivity contribution >= 4 is 17.7 Å². The number of hydrogen-bond donors (Lipinski definition) is 0. The molecule has 0 aliphatic carbocycles. The van der Waals surface area contributed by atoms with E-state index in [0.717, 1.165) is 24.3 Å². The number of benzene rings is 3. The molecule has 39 heavy (non-hydrogen) atoms. The summed E-state index contributed by atoms with van der Waals surface area (Å²) in [4.78, 5) is 29.8. The first-order valence-corrected chi connectivity index (χ1v) is 13.7. The zero-order valence-corrected chi connectivity index (χ0v) is 24.1. The van der Waals surface area contributed by atoms with Gasteiger partial charge in [-0.15, -0.1) is 0 Å². The van der Waals surface area contributed by atoms with E-state index in [1.165, 1.54) is 11.1 Å². The summed E-state index contributed by atoms with van der Waals surface area (Å²) in [6, 6.07) is 28.3. The summed E-state index contributed by atoms with van der Waals surface area (Å²) in [7, 11) is 0. The molecule has 0 aliphatic rings. The molecule has 1 amide bonds. The van der Waals surface area contributed by atoms with Crippen LogP contribution in [0.25, 0.3) is 0 Å². The van der Waals surface area contributed by atoms with Gasteiger partial charge in [0, 0.05) is 31.4 Å². The van der Waals surface area contributed by atoms with Crippen LogP contribution < -0.4 is 4.90 Å². The van der Waals surface area contributed by atoms with Crippen molar-refractivity contribution in [2.75, 3.05) is 18.1 Å². The topological polar surface area (TPSA) is 59.1 Å². The summed E-state index contributed by atoms with van der Waals surface area (Å²) in [5, 5.41) is 0. The van der Waals surface area contributed by atoms with Crippen LogP contribution in [0.3, 0.4) is 0 Å². The number of hydrogen-bond acceptors (Lipinski definition) is 5. The van der Waals surface area contributed by atoms with E-state index in [-0.39, 0.29) is 17.9 Å². The molecule has 6 nitrogen and oxygen atoms in total. The molecule has 2 unspecified atom stereocenters. The highest BCUT2D eigenvalue weighted by atomic mass is 16.6. The van der Waals surface area contributed by atoms with Crippen molar-refractivity contribution in [3.8, 4) is 0 Å². The maximum atomic E-state index is 13.5. The zero-order valence-electron chi connectivity index (χ0n) is 24.1. The van der Waals surface area contributed by atoms with Crippen LogP contribution >= 0.6 is 0 Å². The van der Waals surface area contributed by atoms with E-state index >= 15 is 0 Å². The summed E-state index contributed by atoms with van der Waals surface area (Å²) < 4.78 is 11.0. The predicted molar refractivity (Wildman–Crippen MR) is 157 cm³/mol. The minimum atomic E-state index is -0.634. The largest absolute Gasteiger partial charge is 0.466 e. The Hall–Kier alpha value is -3.64. The van der Waals surface area contributed by atoms with E-state index in [2.05, 4.69) is 36.1 Å². The molecule has 0 aromatic heterocycles. The number of rotatable bonds is 11. The first kappa shape index (κ1) is 29.9. The van der Waals surface area contributed by atoms with Crippen molar-refractivity contribution in [1.29, 1.82) is 0 Å². The molecule has 6 heteroatoms. The molecule has 0 fully saturated rings. The highest BCUT2D eigenvalue weighted by Gasteiger charge is 2.27. The van der Waals surface area contributed by atoms with Gasteiger partial charge >= 0.3 is 12.1 Å². The molecule has 0 saturated heterocycles. The van der Waals surface area contributed by atoms with Gasteiger partial charge in [-0.1, -0.05) is 72.8 Å².